The standard InChI is InChI=1S/C18H30N2O6P3/c1(13-2-21-13)20(28(10-16-5-24-16)11-17-6-25-17)29(12-18-7-26-18)19-27(8-14-3-22-14)9-15-4-23-15/h13-18H,1-12H2/q+1. The van der Waals surface area contributed by atoms with E-state index in [4.69, 9.17) is 32.9 Å². The summed E-state index contributed by atoms with van der Waals surface area (Å²) in [4.78, 5) is 0. The van der Waals surface area contributed by atoms with Gasteiger partial charge >= 0.3 is 0 Å². The zero-order valence-corrected chi connectivity index (χ0v) is 19.3. The summed E-state index contributed by atoms with van der Waals surface area (Å²) >= 11 is 0. The van der Waals surface area contributed by atoms with Gasteiger partial charge in [0.25, 0.3) is 0 Å². The molecule has 0 saturated carbocycles. The van der Waals surface area contributed by atoms with Crippen LogP contribution in [0.3, 0.4) is 0 Å². The molecule has 8 nitrogen and oxygen atoms in total. The number of hydrogen-bond donors (Lipinski definition) is 0. The van der Waals surface area contributed by atoms with Gasteiger partial charge in [0, 0.05) is 25.0 Å². The Morgan fingerprint density at radius 3 is 1.55 bits per heavy atom. The van der Waals surface area contributed by atoms with Gasteiger partial charge in [-0.1, -0.05) is 4.52 Å². The van der Waals surface area contributed by atoms with E-state index in [1.807, 2.05) is 0 Å². The quantitative estimate of drug-likeness (QED) is 0.271. The van der Waals surface area contributed by atoms with Crippen LogP contribution in [-0.2, 0) is 28.4 Å². The molecule has 0 spiro atoms. The highest BCUT2D eigenvalue weighted by atomic mass is 31.2. The summed E-state index contributed by atoms with van der Waals surface area (Å²) in [5, 5.41) is 0. The van der Waals surface area contributed by atoms with Gasteiger partial charge in [-0.2, -0.15) is 0 Å². The number of nitrogens with zero attached hydrogens (tertiary/aromatic N) is 2. The fourth-order valence-corrected chi connectivity index (χ4v) is 12.9. The predicted molar refractivity (Wildman–Crippen MR) is 113 cm³/mol. The summed E-state index contributed by atoms with van der Waals surface area (Å²) in [6.45, 7) is 6.46. The average Bonchev–Trinajstić information content (AvgIpc) is 3.49. The van der Waals surface area contributed by atoms with Crippen molar-refractivity contribution in [3.05, 3.63) is 0 Å². The van der Waals surface area contributed by atoms with Gasteiger partial charge in [-0.15, -0.1) is 0 Å². The second kappa shape index (κ2) is 8.90. The van der Waals surface area contributed by atoms with E-state index in [-0.39, 0.29) is 8.07 Å². The molecule has 0 aromatic heterocycles. The van der Waals surface area contributed by atoms with E-state index < -0.39 is 15.9 Å². The van der Waals surface area contributed by atoms with E-state index in [0.717, 1.165) is 77.0 Å². The Labute approximate surface area is 175 Å². The van der Waals surface area contributed by atoms with Crippen LogP contribution in [0.2, 0.25) is 0 Å². The highest BCUT2D eigenvalue weighted by Crippen LogP contribution is 2.63. The van der Waals surface area contributed by atoms with E-state index in [1.54, 1.807) is 0 Å². The number of ether oxygens (including phenoxy) is 6. The third kappa shape index (κ3) is 6.83. The zero-order chi connectivity index (χ0) is 19.2. The van der Waals surface area contributed by atoms with Crippen LogP contribution in [-0.4, -0.2) is 118 Å². The van der Waals surface area contributed by atoms with Crippen molar-refractivity contribution in [3.63, 3.8) is 0 Å². The SMILES string of the molecule is C1OC1CN(P(CC1CO1)CC1CO1)P(CC1CO1)N=[P+](CC1CO1)CC1CO1. The summed E-state index contributed by atoms with van der Waals surface area (Å²) in [7, 11) is -1.33. The van der Waals surface area contributed by atoms with Crippen molar-refractivity contribution in [2.45, 2.75) is 36.6 Å². The van der Waals surface area contributed by atoms with Gasteiger partial charge in [0.05, 0.1) is 64.1 Å². The van der Waals surface area contributed by atoms with Crippen molar-refractivity contribution in [2.24, 2.45) is 4.52 Å². The monoisotopic (exact) mass is 463 g/mol. The van der Waals surface area contributed by atoms with Crippen LogP contribution in [0.4, 0.5) is 0 Å². The maximum atomic E-state index is 5.66. The van der Waals surface area contributed by atoms with Gasteiger partial charge < -0.3 is 28.4 Å². The van der Waals surface area contributed by atoms with E-state index in [9.17, 15) is 0 Å². The van der Waals surface area contributed by atoms with Crippen molar-refractivity contribution in [1.29, 1.82) is 0 Å². The lowest BCUT2D eigenvalue weighted by atomic mass is 10.5. The number of rotatable bonds is 15. The molecule has 6 fully saturated rings. The van der Waals surface area contributed by atoms with Crippen molar-refractivity contribution in [3.8, 4) is 0 Å². The molecule has 0 aromatic rings. The van der Waals surface area contributed by atoms with Gasteiger partial charge in [0.1, 0.15) is 20.4 Å². The van der Waals surface area contributed by atoms with E-state index in [2.05, 4.69) is 4.44 Å². The summed E-state index contributed by atoms with van der Waals surface area (Å²) < 4.78 is 42.0. The summed E-state index contributed by atoms with van der Waals surface area (Å²) in [5.74, 6) is 0. The van der Waals surface area contributed by atoms with Crippen molar-refractivity contribution in [1.82, 2.24) is 4.44 Å². The first-order chi connectivity index (χ1) is 14.3. The first-order valence-electron chi connectivity index (χ1n) is 10.7. The fraction of sp³-hybridized carbons (Fsp3) is 1.00. The van der Waals surface area contributed by atoms with E-state index in [1.165, 1.54) is 0 Å². The molecule has 7 unspecified atom stereocenters. The molecule has 0 N–H and O–H groups in total. The lowest BCUT2D eigenvalue weighted by Crippen LogP contribution is -2.24. The number of epoxide rings is 6. The highest BCUT2D eigenvalue weighted by Gasteiger charge is 2.44. The highest BCUT2D eigenvalue weighted by molar-refractivity contribution is 7.72. The average molecular weight is 463 g/mol. The van der Waals surface area contributed by atoms with Crippen LogP contribution >= 0.6 is 24.0 Å². The first-order valence-corrected chi connectivity index (χ1v) is 15.5. The minimum atomic E-state index is -0.595. The number of hydrogen-bond acceptors (Lipinski definition) is 8. The normalized spacial score (nSPS) is 40.9. The maximum absolute atomic E-state index is 5.66. The molecule has 0 radical (unpaired) electrons. The maximum Gasteiger partial charge on any atom is 0.211 e. The zero-order valence-electron chi connectivity index (χ0n) is 16.6. The Morgan fingerprint density at radius 2 is 1.10 bits per heavy atom. The van der Waals surface area contributed by atoms with E-state index >= 15 is 0 Å². The molecule has 162 valence electrons. The predicted octanol–water partition coefficient (Wildman–Crippen LogP) is 2.06. The smallest absolute Gasteiger partial charge is 0.211 e. The van der Waals surface area contributed by atoms with Gasteiger partial charge in [-0.05, 0) is 8.07 Å². The second-order valence-electron chi connectivity index (χ2n) is 8.67. The van der Waals surface area contributed by atoms with Crippen LogP contribution in [0.5, 0.6) is 0 Å². The molecule has 0 aromatic carbocycles. The van der Waals surface area contributed by atoms with Gasteiger partial charge in [-0.3, -0.25) is 0 Å². The topological polar surface area (TPSA) is 90.8 Å². The third-order valence-electron chi connectivity index (χ3n) is 5.63. The van der Waals surface area contributed by atoms with Gasteiger partial charge in [-0.25, -0.2) is 4.44 Å². The molecule has 6 rings (SSSR count). The van der Waals surface area contributed by atoms with Crippen molar-refractivity contribution in [2.75, 3.05) is 77.0 Å². The molecule has 7 atom stereocenters. The fourth-order valence-electron chi connectivity index (χ4n) is 3.43. The molecular weight excluding hydrogens is 433 g/mol. The first kappa shape index (κ1) is 20.3. The second-order valence-corrected chi connectivity index (χ2v) is 15.3. The minimum Gasteiger partial charge on any atom is -0.373 e. The van der Waals surface area contributed by atoms with Crippen LogP contribution in [0.15, 0.2) is 4.52 Å². The molecule has 6 aliphatic rings. The third-order valence-corrected chi connectivity index (χ3v) is 14.4. The molecule has 0 aliphatic carbocycles. The van der Waals surface area contributed by atoms with Crippen LogP contribution in [0, 0.1) is 0 Å². The van der Waals surface area contributed by atoms with Crippen LogP contribution in [0.1, 0.15) is 0 Å². The minimum absolute atomic E-state index is 0.322. The van der Waals surface area contributed by atoms with Crippen molar-refractivity contribution < 1.29 is 28.4 Å². The molecular formula is C18H30N2O6P3+. The summed E-state index contributed by atoms with van der Waals surface area (Å²) in [5.41, 5.74) is 0. The molecule has 6 heterocycles. The molecule has 29 heavy (non-hydrogen) atoms. The molecule has 6 aliphatic heterocycles. The Morgan fingerprint density at radius 1 is 0.655 bits per heavy atom. The van der Waals surface area contributed by atoms with Gasteiger partial charge in [0.2, 0.25) is 7.71 Å². The largest absolute Gasteiger partial charge is 0.373 e. The summed E-state index contributed by atoms with van der Waals surface area (Å²) in [6, 6.07) is 0. The Balaban J connectivity index is 1.23. The molecule has 0 bridgehead atoms. The molecule has 11 heteroatoms. The summed E-state index contributed by atoms with van der Waals surface area (Å²) in [6.07, 6.45) is 8.08. The molecule has 6 saturated heterocycles. The lowest BCUT2D eigenvalue weighted by Gasteiger charge is -2.33. The Hall–Kier alpha value is 0.680. The molecule has 0 amide bonds. The van der Waals surface area contributed by atoms with Gasteiger partial charge in [0.15, 0.2) is 12.3 Å². The Bertz CT molecular complexity index is 591. The van der Waals surface area contributed by atoms with E-state index in [0.29, 0.717) is 36.6 Å². The lowest BCUT2D eigenvalue weighted by molar-refractivity contribution is 0.386. The van der Waals surface area contributed by atoms with Crippen LogP contribution < -0.4 is 0 Å². The Kier molecular flexibility index (Phi) is 6.23. The van der Waals surface area contributed by atoms with Crippen LogP contribution in [0.25, 0.3) is 0 Å². The van der Waals surface area contributed by atoms with Crippen molar-refractivity contribution >= 4 is 24.0 Å².